The minimum absolute atomic E-state index is 0.214. The molecule has 0 aromatic carbocycles. The summed E-state index contributed by atoms with van der Waals surface area (Å²) in [5, 5.41) is 0.779. The second-order valence-corrected chi connectivity index (χ2v) is 14.4. The summed E-state index contributed by atoms with van der Waals surface area (Å²) in [6.45, 7) is 9.82. The van der Waals surface area contributed by atoms with Crippen LogP contribution < -0.4 is 4.90 Å². The van der Waals surface area contributed by atoms with Crippen molar-refractivity contribution >= 4 is 34.4 Å². The average molecular weight is 671 g/mol. The van der Waals surface area contributed by atoms with Crippen molar-refractivity contribution in [2.45, 2.75) is 129 Å². The molecule has 1 amide bonds. The van der Waals surface area contributed by atoms with Crippen molar-refractivity contribution in [1.82, 2.24) is 9.80 Å². The number of fused-ring (bicyclic) bond motifs is 2. The van der Waals surface area contributed by atoms with E-state index in [-0.39, 0.29) is 6.04 Å². The van der Waals surface area contributed by atoms with Crippen molar-refractivity contribution in [3.63, 3.8) is 0 Å². The lowest BCUT2D eigenvalue weighted by molar-refractivity contribution is -0.0726. The highest BCUT2D eigenvalue weighted by Gasteiger charge is 2.37. The molecule has 1 aliphatic carbocycles. The normalized spacial score (nSPS) is 18.5. The quantitative estimate of drug-likeness (QED) is 0.0928. The number of allylic oxidation sites excluding steroid dienone is 2. The van der Waals surface area contributed by atoms with Crippen molar-refractivity contribution in [3.8, 4) is 0 Å². The number of rotatable bonds is 17. The second-order valence-electron chi connectivity index (χ2n) is 13.2. The number of anilines is 1. The van der Waals surface area contributed by atoms with E-state index in [1.54, 1.807) is 23.2 Å². The minimum Gasteiger partial charge on any atom is -0.434 e. The first kappa shape index (κ1) is 37.0. The van der Waals surface area contributed by atoms with Gasteiger partial charge in [0.2, 0.25) is 6.29 Å². The third-order valence-electron chi connectivity index (χ3n) is 9.15. The molecule has 10 heteroatoms. The van der Waals surface area contributed by atoms with Crippen LogP contribution in [0.2, 0.25) is 0 Å². The molecule has 2 unspecified atom stereocenters. The zero-order chi connectivity index (χ0) is 33.4. The Bertz CT molecular complexity index is 1220. The Labute approximate surface area is 287 Å². The fraction of sp³-hybridized carbons (Fsp3) is 0.703. The smallest absolute Gasteiger partial charge is 0.434 e. The van der Waals surface area contributed by atoms with E-state index in [1.165, 1.54) is 70.6 Å². The summed E-state index contributed by atoms with van der Waals surface area (Å²) in [7, 11) is 2.14. The molecule has 1 aromatic rings. The number of aliphatic imine (C=N–C) groups is 1. The molecule has 9 nitrogen and oxygen atoms in total. The Morgan fingerprint density at radius 1 is 0.915 bits per heavy atom. The molecule has 0 N–H and O–H groups in total. The highest BCUT2D eigenvalue weighted by atomic mass is 32.1. The first-order valence-corrected chi connectivity index (χ1v) is 19.0. The fourth-order valence-corrected chi connectivity index (χ4v) is 7.42. The van der Waals surface area contributed by atoms with Gasteiger partial charge in [0.25, 0.3) is 0 Å². The fourth-order valence-electron chi connectivity index (χ4n) is 6.41. The number of nitrogens with zero attached hydrogens (tertiary/aromatic N) is 4. The first-order chi connectivity index (χ1) is 22.9. The van der Waals surface area contributed by atoms with Crippen LogP contribution in [0.4, 0.5) is 14.6 Å². The summed E-state index contributed by atoms with van der Waals surface area (Å²) in [5.41, 5.74) is 1.70. The third kappa shape index (κ3) is 11.7. The van der Waals surface area contributed by atoms with Crippen molar-refractivity contribution in [2.24, 2.45) is 4.99 Å². The van der Waals surface area contributed by atoms with Crippen LogP contribution in [0.25, 0.3) is 0 Å². The van der Waals surface area contributed by atoms with Crippen LogP contribution in [0.3, 0.4) is 0 Å². The second kappa shape index (κ2) is 19.8. The van der Waals surface area contributed by atoms with Crippen LogP contribution in [-0.4, -0.2) is 80.0 Å². The number of hydrogen-bond acceptors (Lipinski definition) is 9. The molecule has 0 bridgehead atoms. The Morgan fingerprint density at radius 3 is 2.17 bits per heavy atom. The van der Waals surface area contributed by atoms with Crippen LogP contribution in [-0.2, 0) is 14.2 Å². The molecule has 0 spiro atoms. The predicted molar refractivity (Wildman–Crippen MR) is 191 cm³/mol. The lowest BCUT2D eigenvalue weighted by Gasteiger charge is -2.34. The molecule has 0 radical (unpaired) electrons. The molecule has 1 saturated heterocycles. The predicted octanol–water partition coefficient (Wildman–Crippen LogP) is 9.20. The summed E-state index contributed by atoms with van der Waals surface area (Å²) >= 11 is 1.54. The van der Waals surface area contributed by atoms with Gasteiger partial charge in [0, 0.05) is 38.0 Å². The summed E-state index contributed by atoms with van der Waals surface area (Å²) in [4.78, 5) is 38.7. The molecule has 262 valence electrons. The van der Waals surface area contributed by atoms with Gasteiger partial charge in [0.15, 0.2) is 0 Å². The Kier molecular flexibility index (Phi) is 15.6. The van der Waals surface area contributed by atoms with E-state index in [1.807, 2.05) is 19.1 Å². The van der Waals surface area contributed by atoms with Gasteiger partial charge in [-0.3, -0.25) is 4.99 Å². The number of thiophene rings is 1. The van der Waals surface area contributed by atoms with Gasteiger partial charge in [0.05, 0.1) is 23.9 Å². The van der Waals surface area contributed by atoms with Crippen LogP contribution >= 0.6 is 11.3 Å². The summed E-state index contributed by atoms with van der Waals surface area (Å²) in [6, 6.07) is 1.89. The standard InChI is InChI=1S/C37H58N4O5S/c1-5-6-7-8-9-10-11-12-13-14-15-16-17-20-27-44-37(43)46-30(3)45-36(42)41-33-22-19-18-21-32(33)38-34(31-28-29(2)47-35(31)41)40-25-23-39(4)24-26-40/h18-19,22,28,30,32H,5-17,20-21,23-27H2,1-4H3. The molecule has 4 rings (SSSR count). The van der Waals surface area contributed by atoms with E-state index < -0.39 is 18.5 Å². The molecular weight excluding hydrogens is 612 g/mol. The van der Waals surface area contributed by atoms with E-state index >= 15 is 0 Å². The zero-order valence-electron chi connectivity index (χ0n) is 29.3. The summed E-state index contributed by atoms with van der Waals surface area (Å²) in [5.74, 6) is 0.926. The molecule has 3 heterocycles. The molecule has 3 aliphatic rings. The lowest BCUT2D eigenvalue weighted by atomic mass is 10.0. The SMILES string of the molecule is CCCCCCCCCCCCCCCCOC(=O)OC(C)OC(=O)N1C2=CC=CCC2N=C(N2CCN(C)CC2)c2cc(C)sc21. The first-order valence-electron chi connectivity index (χ1n) is 18.2. The molecule has 0 saturated carbocycles. The molecule has 2 atom stereocenters. The molecule has 1 aromatic heterocycles. The maximum atomic E-state index is 13.7. The maximum absolute atomic E-state index is 13.7. The largest absolute Gasteiger partial charge is 0.511 e. The third-order valence-corrected chi connectivity index (χ3v) is 10.2. The minimum atomic E-state index is -1.10. The van der Waals surface area contributed by atoms with Crippen molar-refractivity contribution in [2.75, 3.05) is 44.7 Å². The number of unbranched alkanes of at least 4 members (excludes halogenated alkanes) is 13. The zero-order valence-corrected chi connectivity index (χ0v) is 30.2. The van der Waals surface area contributed by atoms with Gasteiger partial charge in [-0.15, -0.1) is 11.3 Å². The number of carbonyl (C=O) groups excluding carboxylic acids is 2. The number of likely N-dealkylation sites (N-methyl/N-ethyl adjacent to an activating group) is 1. The van der Waals surface area contributed by atoms with E-state index in [4.69, 9.17) is 19.2 Å². The Morgan fingerprint density at radius 2 is 1.53 bits per heavy atom. The van der Waals surface area contributed by atoms with Gasteiger partial charge in [-0.1, -0.05) is 103 Å². The van der Waals surface area contributed by atoms with Gasteiger partial charge in [-0.05, 0) is 39.0 Å². The number of ether oxygens (including phenoxy) is 3. The molecular formula is C37H58N4O5S. The average Bonchev–Trinajstić information content (AvgIpc) is 3.37. The van der Waals surface area contributed by atoms with Crippen molar-refractivity contribution in [3.05, 3.63) is 40.4 Å². The Hall–Kier alpha value is -2.85. The number of amidine groups is 1. The Balaban J connectivity index is 1.18. The molecule has 1 fully saturated rings. The highest BCUT2D eigenvalue weighted by Crippen LogP contribution is 2.40. The topological polar surface area (TPSA) is 83.9 Å². The van der Waals surface area contributed by atoms with E-state index in [0.29, 0.717) is 13.0 Å². The van der Waals surface area contributed by atoms with E-state index in [2.05, 4.69) is 35.9 Å². The lowest BCUT2D eigenvalue weighted by Crippen LogP contribution is -2.47. The molecule has 47 heavy (non-hydrogen) atoms. The number of aryl methyl sites for hydroxylation is 1. The van der Waals surface area contributed by atoms with Gasteiger partial charge in [-0.25, -0.2) is 14.5 Å². The van der Waals surface area contributed by atoms with Crippen LogP contribution in [0.5, 0.6) is 0 Å². The number of piperazine rings is 1. The van der Waals surface area contributed by atoms with Gasteiger partial charge in [-0.2, -0.15) is 0 Å². The number of carbonyl (C=O) groups is 2. The van der Waals surface area contributed by atoms with Gasteiger partial charge >= 0.3 is 12.2 Å². The van der Waals surface area contributed by atoms with Gasteiger partial charge in [0.1, 0.15) is 10.8 Å². The van der Waals surface area contributed by atoms with Crippen LogP contribution in [0.1, 0.15) is 121 Å². The summed E-state index contributed by atoms with van der Waals surface area (Å²) in [6.07, 6.45) is 21.9. The van der Waals surface area contributed by atoms with Crippen molar-refractivity contribution < 1.29 is 23.8 Å². The maximum Gasteiger partial charge on any atom is 0.511 e. The van der Waals surface area contributed by atoms with Gasteiger partial charge < -0.3 is 24.0 Å². The van der Waals surface area contributed by atoms with Crippen LogP contribution in [0, 0.1) is 6.92 Å². The van der Waals surface area contributed by atoms with Crippen molar-refractivity contribution in [1.29, 1.82) is 0 Å². The van der Waals surface area contributed by atoms with E-state index in [0.717, 1.165) is 72.4 Å². The van der Waals surface area contributed by atoms with E-state index in [9.17, 15) is 9.59 Å². The number of hydrogen-bond donors (Lipinski definition) is 0. The summed E-state index contributed by atoms with van der Waals surface area (Å²) < 4.78 is 16.3. The number of amides is 1. The molecule has 2 aliphatic heterocycles. The monoisotopic (exact) mass is 670 g/mol. The highest BCUT2D eigenvalue weighted by molar-refractivity contribution is 7.16. The van der Waals surface area contributed by atoms with Crippen LogP contribution in [0.15, 0.2) is 35.0 Å².